The molecule has 8 heteroatoms. The quantitative estimate of drug-likeness (QED) is 0.896. The maximum Gasteiger partial charge on any atom is 0.273 e. The van der Waals surface area contributed by atoms with E-state index in [-0.39, 0.29) is 11.7 Å². The molecule has 0 bridgehead atoms. The number of nitrogens with one attached hydrogen (secondary N) is 2. The molecule has 24 heavy (non-hydrogen) atoms. The van der Waals surface area contributed by atoms with Crippen LogP contribution >= 0.6 is 0 Å². The Morgan fingerprint density at radius 2 is 2.08 bits per heavy atom. The molecule has 6 nitrogen and oxygen atoms in total. The van der Waals surface area contributed by atoms with Gasteiger partial charge >= 0.3 is 0 Å². The molecule has 1 atom stereocenters. The highest BCUT2D eigenvalue weighted by atomic mass is 19.2. The van der Waals surface area contributed by atoms with Gasteiger partial charge in [0.1, 0.15) is 0 Å². The lowest BCUT2D eigenvalue weighted by atomic mass is 10.1. The van der Waals surface area contributed by atoms with Crippen LogP contribution in [0.15, 0.2) is 24.4 Å². The van der Waals surface area contributed by atoms with Crippen LogP contribution in [0.2, 0.25) is 0 Å². The first-order valence-corrected chi connectivity index (χ1v) is 7.93. The van der Waals surface area contributed by atoms with Crippen LogP contribution in [0, 0.1) is 11.6 Å². The number of rotatable bonds is 4. The summed E-state index contributed by atoms with van der Waals surface area (Å²) in [5, 5.41) is 13.9. The Labute approximate surface area is 138 Å². The number of halogens is 2. The molecule has 1 aliphatic rings. The van der Waals surface area contributed by atoms with Crippen molar-refractivity contribution in [1.29, 1.82) is 0 Å². The third-order valence-electron chi connectivity index (χ3n) is 4.22. The molecule has 0 spiro atoms. The molecule has 0 aliphatic carbocycles. The first-order valence-electron chi connectivity index (χ1n) is 7.93. The zero-order valence-corrected chi connectivity index (χ0v) is 13.3. The van der Waals surface area contributed by atoms with Gasteiger partial charge in [-0.15, -0.1) is 5.10 Å². The van der Waals surface area contributed by atoms with Crippen molar-refractivity contribution in [3.8, 4) is 0 Å². The van der Waals surface area contributed by atoms with E-state index >= 15 is 0 Å². The summed E-state index contributed by atoms with van der Waals surface area (Å²) in [4.78, 5) is 12.3. The van der Waals surface area contributed by atoms with Crippen molar-refractivity contribution in [3.63, 3.8) is 0 Å². The van der Waals surface area contributed by atoms with Gasteiger partial charge in [-0.25, -0.2) is 13.5 Å². The topological polar surface area (TPSA) is 71.8 Å². The average molecular weight is 335 g/mol. The van der Waals surface area contributed by atoms with Crippen LogP contribution < -0.4 is 10.6 Å². The predicted molar refractivity (Wildman–Crippen MR) is 83.4 cm³/mol. The lowest BCUT2D eigenvalue weighted by Gasteiger charge is -2.22. The molecular formula is C16H19F2N5O. The Balaban J connectivity index is 1.66. The van der Waals surface area contributed by atoms with Crippen LogP contribution in [-0.2, 0) is 0 Å². The van der Waals surface area contributed by atoms with E-state index in [0.717, 1.165) is 38.1 Å². The number of aromatic nitrogens is 3. The van der Waals surface area contributed by atoms with Crippen molar-refractivity contribution >= 4 is 5.91 Å². The Bertz CT molecular complexity index is 727. The van der Waals surface area contributed by atoms with E-state index < -0.39 is 23.6 Å². The number of carbonyl (C=O) groups excluding carboxylic acids is 1. The van der Waals surface area contributed by atoms with Crippen LogP contribution in [0.3, 0.4) is 0 Å². The minimum absolute atomic E-state index is 0.211. The van der Waals surface area contributed by atoms with Gasteiger partial charge in [0, 0.05) is 0 Å². The number of amides is 1. The summed E-state index contributed by atoms with van der Waals surface area (Å²) in [6.45, 7) is 3.53. The smallest absolute Gasteiger partial charge is 0.273 e. The van der Waals surface area contributed by atoms with Crippen molar-refractivity contribution in [2.24, 2.45) is 0 Å². The van der Waals surface area contributed by atoms with Gasteiger partial charge in [0.2, 0.25) is 0 Å². The maximum atomic E-state index is 13.3. The Hall–Kier alpha value is -2.35. The standard InChI is InChI=1S/C16H19F2N5O/c1-10(11-2-3-13(17)14(18)8-11)20-16(24)15-9-23(22-21-15)12-4-6-19-7-5-12/h2-3,8-10,12,19H,4-7H2,1H3,(H,20,24). The lowest BCUT2D eigenvalue weighted by molar-refractivity contribution is 0.0934. The van der Waals surface area contributed by atoms with Crippen molar-refractivity contribution in [2.75, 3.05) is 13.1 Å². The summed E-state index contributed by atoms with van der Waals surface area (Å²) < 4.78 is 28.0. The second kappa shape index (κ2) is 7.04. The molecule has 3 rings (SSSR count). The molecule has 1 amide bonds. The zero-order valence-electron chi connectivity index (χ0n) is 13.3. The molecule has 1 fully saturated rings. The van der Waals surface area contributed by atoms with Crippen LogP contribution in [0.5, 0.6) is 0 Å². The fourth-order valence-electron chi connectivity index (χ4n) is 2.77. The Kier molecular flexibility index (Phi) is 4.84. The number of nitrogens with zero attached hydrogens (tertiary/aromatic N) is 3. The van der Waals surface area contributed by atoms with Crippen LogP contribution in [0.4, 0.5) is 8.78 Å². The Morgan fingerprint density at radius 1 is 1.33 bits per heavy atom. The minimum Gasteiger partial charge on any atom is -0.344 e. The van der Waals surface area contributed by atoms with Crippen LogP contribution in [0.1, 0.15) is 47.9 Å². The van der Waals surface area contributed by atoms with Crippen molar-refractivity contribution < 1.29 is 13.6 Å². The van der Waals surface area contributed by atoms with E-state index in [0.29, 0.717) is 5.56 Å². The van der Waals surface area contributed by atoms with Gasteiger partial charge in [-0.3, -0.25) is 4.79 Å². The third-order valence-corrected chi connectivity index (χ3v) is 4.22. The van der Waals surface area contributed by atoms with E-state index in [1.54, 1.807) is 17.8 Å². The first kappa shape index (κ1) is 16.5. The van der Waals surface area contributed by atoms with Gasteiger partial charge in [0.05, 0.1) is 18.3 Å². The molecule has 1 aliphatic heterocycles. The van der Waals surface area contributed by atoms with Gasteiger partial charge in [-0.05, 0) is 50.6 Å². The zero-order chi connectivity index (χ0) is 17.1. The fourth-order valence-corrected chi connectivity index (χ4v) is 2.77. The van der Waals surface area contributed by atoms with E-state index in [9.17, 15) is 13.6 Å². The van der Waals surface area contributed by atoms with Gasteiger partial charge in [0.15, 0.2) is 17.3 Å². The molecule has 1 aromatic heterocycles. The molecule has 2 aromatic rings. The molecule has 0 radical (unpaired) electrons. The largest absolute Gasteiger partial charge is 0.344 e. The second-order valence-corrected chi connectivity index (χ2v) is 5.93. The molecule has 1 aromatic carbocycles. The highest BCUT2D eigenvalue weighted by Gasteiger charge is 2.20. The number of piperidine rings is 1. The summed E-state index contributed by atoms with van der Waals surface area (Å²) >= 11 is 0. The summed E-state index contributed by atoms with van der Waals surface area (Å²) in [7, 11) is 0. The van der Waals surface area contributed by atoms with Gasteiger partial charge in [-0.2, -0.15) is 0 Å². The number of benzene rings is 1. The first-order chi connectivity index (χ1) is 11.5. The van der Waals surface area contributed by atoms with Crippen molar-refractivity contribution in [3.05, 3.63) is 47.3 Å². The summed E-state index contributed by atoms with van der Waals surface area (Å²) in [6, 6.07) is 3.32. The number of carbonyl (C=O) groups is 1. The van der Waals surface area contributed by atoms with E-state index in [1.807, 2.05) is 0 Å². The highest BCUT2D eigenvalue weighted by molar-refractivity contribution is 5.92. The summed E-state index contributed by atoms with van der Waals surface area (Å²) in [5.74, 6) is -2.25. The van der Waals surface area contributed by atoms with Gasteiger partial charge in [0.25, 0.3) is 5.91 Å². The highest BCUT2D eigenvalue weighted by Crippen LogP contribution is 2.18. The third kappa shape index (κ3) is 3.59. The van der Waals surface area contributed by atoms with E-state index in [4.69, 9.17) is 0 Å². The predicted octanol–water partition coefficient (Wildman–Crippen LogP) is 1.97. The number of hydrogen-bond donors (Lipinski definition) is 2. The fraction of sp³-hybridized carbons (Fsp3) is 0.438. The summed E-state index contributed by atoms with van der Waals surface area (Å²) in [6.07, 6.45) is 3.51. The SMILES string of the molecule is CC(NC(=O)c1cn(C2CCNCC2)nn1)c1ccc(F)c(F)c1. The van der Waals surface area contributed by atoms with E-state index in [2.05, 4.69) is 20.9 Å². The number of hydrogen-bond acceptors (Lipinski definition) is 4. The monoisotopic (exact) mass is 335 g/mol. The van der Waals surface area contributed by atoms with Crippen molar-refractivity contribution in [1.82, 2.24) is 25.6 Å². The van der Waals surface area contributed by atoms with Gasteiger partial charge in [-0.1, -0.05) is 11.3 Å². The molecule has 128 valence electrons. The van der Waals surface area contributed by atoms with Crippen molar-refractivity contribution in [2.45, 2.75) is 31.8 Å². The minimum atomic E-state index is -0.939. The molecular weight excluding hydrogens is 316 g/mol. The Morgan fingerprint density at radius 3 is 2.79 bits per heavy atom. The van der Waals surface area contributed by atoms with Crippen LogP contribution in [-0.4, -0.2) is 34.0 Å². The molecule has 2 N–H and O–H groups in total. The second-order valence-electron chi connectivity index (χ2n) is 5.93. The maximum absolute atomic E-state index is 13.3. The van der Waals surface area contributed by atoms with Gasteiger partial charge < -0.3 is 10.6 Å². The normalized spacial score (nSPS) is 16.8. The lowest BCUT2D eigenvalue weighted by Crippen LogP contribution is -2.29. The van der Waals surface area contributed by atoms with E-state index in [1.165, 1.54) is 6.07 Å². The molecule has 1 saturated heterocycles. The average Bonchev–Trinajstić information content (AvgIpc) is 3.08. The van der Waals surface area contributed by atoms with Crippen LogP contribution in [0.25, 0.3) is 0 Å². The molecule has 2 heterocycles. The molecule has 1 unspecified atom stereocenters. The molecule has 0 saturated carbocycles. The summed E-state index contributed by atoms with van der Waals surface area (Å²) in [5.41, 5.74) is 0.691.